The number of nitrogens with two attached hydrogens (primary N) is 1. The van der Waals surface area contributed by atoms with Gasteiger partial charge in [0.05, 0.1) is 12.2 Å². The second kappa shape index (κ2) is 5.89. The third-order valence-corrected chi connectivity index (χ3v) is 3.15. The lowest BCUT2D eigenvalue weighted by atomic mass is 10.0. The van der Waals surface area contributed by atoms with E-state index in [9.17, 15) is 4.79 Å². The second-order valence-corrected chi connectivity index (χ2v) is 4.94. The number of carbonyl (C=O) groups is 1. The van der Waals surface area contributed by atoms with E-state index in [1.165, 1.54) is 0 Å². The first-order valence-corrected chi connectivity index (χ1v) is 6.73. The van der Waals surface area contributed by atoms with Gasteiger partial charge < -0.3 is 10.5 Å². The van der Waals surface area contributed by atoms with Gasteiger partial charge in [-0.25, -0.2) is 0 Å². The molecule has 0 aromatic heterocycles. The highest BCUT2D eigenvalue weighted by Crippen LogP contribution is 2.26. The maximum absolute atomic E-state index is 12.5. The molecule has 0 saturated heterocycles. The summed E-state index contributed by atoms with van der Waals surface area (Å²) in [6.07, 6.45) is 0. The van der Waals surface area contributed by atoms with Crippen LogP contribution >= 0.6 is 15.9 Å². The van der Waals surface area contributed by atoms with Crippen LogP contribution in [0.5, 0.6) is 5.75 Å². The van der Waals surface area contributed by atoms with Crippen molar-refractivity contribution in [2.75, 3.05) is 12.3 Å². The normalized spacial score (nSPS) is 10.2. The van der Waals surface area contributed by atoms with Gasteiger partial charge in [0.2, 0.25) is 0 Å². The number of hydrogen-bond donors (Lipinski definition) is 1. The van der Waals surface area contributed by atoms with Crippen molar-refractivity contribution >= 4 is 27.4 Å². The quantitative estimate of drug-likeness (QED) is 0.691. The molecule has 19 heavy (non-hydrogen) atoms. The Kier molecular flexibility index (Phi) is 4.22. The molecule has 2 aromatic carbocycles. The summed E-state index contributed by atoms with van der Waals surface area (Å²) >= 11 is 3.37. The van der Waals surface area contributed by atoms with E-state index in [0.29, 0.717) is 29.2 Å². The van der Waals surface area contributed by atoms with Gasteiger partial charge in [0, 0.05) is 15.7 Å². The van der Waals surface area contributed by atoms with Crippen LogP contribution in [-0.2, 0) is 0 Å². The monoisotopic (exact) mass is 319 g/mol. The summed E-state index contributed by atoms with van der Waals surface area (Å²) in [6.45, 7) is 2.41. The average Bonchev–Trinajstić information content (AvgIpc) is 2.41. The molecular weight excluding hydrogens is 306 g/mol. The van der Waals surface area contributed by atoms with E-state index in [1.54, 1.807) is 36.4 Å². The minimum Gasteiger partial charge on any atom is -0.493 e. The molecule has 0 aliphatic rings. The standard InChI is InChI=1S/C15H14BrNO2/c1-2-19-14-8-5-11(16)9-13(14)15(18)10-3-6-12(17)7-4-10/h3-9H,2,17H2,1H3. The molecule has 0 spiro atoms. The minimum absolute atomic E-state index is 0.0789. The van der Waals surface area contributed by atoms with Crippen LogP contribution in [0.1, 0.15) is 22.8 Å². The lowest BCUT2D eigenvalue weighted by molar-refractivity contribution is 0.103. The number of hydrogen-bond acceptors (Lipinski definition) is 3. The van der Waals surface area contributed by atoms with Gasteiger partial charge in [0.1, 0.15) is 5.75 Å². The number of halogens is 1. The predicted octanol–water partition coefficient (Wildman–Crippen LogP) is 3.66. The van der Waals surface area contributed by atoms with Gasteiger partial charge >= 0.3 is 0 Å². The summed E-state index contributed by atoms with van der Waals surface area (Å²) < 4.78 is 6.33. The molecule has 2 aromatic rings. The fourth-order valence-corrected chi connectivity index (χ4v) is 2.11. The van der Waals surface area contributed by atoms with Crippen molar-refractivity contribution in [3.05, 3.63) is 58.1 Å². The Morgan fingerprint density at radius 1 is 1.21 bits per heavy atom. The Labute approximate surface area is 120 Å². The van der Waals surface area contributed by atoms with Crippen molar-refractivity contribution in [3.8, 4) is 5.75 Å². The molecule has 0 bridgehead atoms. The van der Waals surface area contributed by atoms with Crippen molar-refractivity contribution in [2.45, 2.75) is 6.92 Å². The molecule has 0 aliphatic heterocycles. The van der Waals surface area contributed by atoms with Crippen LogP contribution in [0.15, 0.2) is 46.9 Å². The van der Waals surface area contributed by atoms with Gasteiger partial charge in [-0.1, -0.05) is 15.9 Å². The minimum atomic E-state index is -0.0789. The Morgan fingerprint density at radius 2 is 1.89 bits per heavy atom. The summed E-state index contributed by atoms with van der Waals surface area (Å²) in [5.41, 5.74) is 7.39. The molecule has 0 radical (unpaired) electrons. The molecule has 4 heteroatoms. The molecule has 0 atom stereocenters. The van der Waals surface area contributed by atoms with Crippen LogP contribution in [0.25, 0.3) is 0 Å². The van der Waals surface area contributed by atoms with Gasteiger partial charge in [0.15, 0.2) is 5.78 Å². The van der Waals surface area contributed by atoms with Crippen molar-refractivity contribution in [3.63, 3.8) is 0 Å². The van der Waals surface area contributed by atoms with Gasteiger partial charge in [-0.3, -0.25) is 4.79 Å². The van der Waals surface area contributed by atoms with Crippen molar-refractivity contribution in [1.82, 2.24) is 0 Å². The number of nitrogen functional groups attached to an aromatic ring is 1. The zero-order chi connectivity index (χ0) is 13.8. The molecular formula is C15H14BrNO2. The maximum Gasteiger partial charge on any atom is 0.196 e. The van der Waals surface area contributed by atoms with E-state index in [0.717, 1.165) is 4.47 Å². The highest BCUT2D eigenvalue weighted by atomic mass is 79.9. The Balaban J connectivity index is 2.42. The number of ketones is 1. The zero-order valence-electron chi connectivity index (χ0n) is 10.5. The Morgan fingerprint density at radius 3 is 2.53 bits per heavy atom. The fraction of sp³-hybridized carbons (Fsp3) is 0.133. The van der Waals surface area contributed by atoms with Gasteiger partial charge in [-0.05, 0) is 49.4 Å². The first-order valence-electron chi connectivity index (χ1n) is 5.94. The lowest BCUT2D eigenvalue weighted by Crippen LogP contribution is -2.05. The second-order valence-electron chi connectivity index (χ2n) is 4.02. The number of ether oxygens (including phenoxy) is 1. The number of rotatable bonds is 4. The van der Waals surface area contributed by atoms with Gasteiger partial charge in [0.25, 0.3) is 0 Å². The number of carbonyl (C=O) groups excluding carboxylic acids is 1. The summed E-state index contributed by atoms with van der Waals surface area (Å²) in [6, 6.07) is 12.3. The SMILES string of the molecule is CCOc1ccc(Br)cc1C(=O)c1ccc(N)cc1. The van der Waals surface area contributed by atoms with E-state index < -0.39 is 0 Å². The van der Waals surface area contributed by atoms with Gasteiger partial charge in [-0.2, -0.15) is 0 Å². The van der Waals surface area contributed by atoms with E-state index in [1.807, 2.05) is 13.0 Å². The van der Waals surface area contributed by atoms with Crippen molar-refractivity contribution in [1.29, 1.82) is 0 Å². The molecule has 0 amide bonds. The van der Waals surface area contributed by atoms with E-state index >= 15 is 0 Å². The molecule has 0 heterocycles. The van der Waals surface area contributed by atoms with E-state index in [2.05, 4.69) is 15.9 Å². The number of benzene rings is 2. The van der Waals surface area contributed by atoms with Crippen LogP contribution in [0.2, 0.25) is 0 Å². The van der Waals surface area contributed by atoms with Crippen LogP contribution in [-0.4, -0.2) is 12.4 Å². The Hall–Kier alpha value is -1.81. The molecule has 0 saturated carbocycles. The summed E-state index contributed by atoms with van der Waals surface area (Å²) in [5.74, 6) is 0.511. The van der Waals surface area contributed by atoms with Crippen LogP contribution in [0.4, 0.5) is 5.69 Å². The summed E-state index contributed by atoms with van der Waals surface area (Å²) in [5, 5.41) is 0. The summed E-state index contributed by atoms with van der Waals surface area (Å²) in [4.78, 5) is 12.5. The molecule has 0 fully saturated rings. The highest BCUT2D eigenvalue weighted by molar-refractivity contribution is 9.10. The molecule has 98 valence electrons. The fourth-order valence-electron chi connectivity index (χ4n) is 1.75. The largest absolute Gasteiger partial charge is 0.493 e. The smallest absolute Gasteiger partial charge is 0.196 e. The van der Waals surface area contributed by atoms with Crippen LogP contribution < -0.4 is 10.5 Å². The van der Waals surface area contributed by atoms with E-state index in [-0.39, 0.29) is 5.78 Å². The highest BCUT2D eigenvalue weighted by Gasteiger charge is 2.15. The molecule has 3 nitrogen and oxygen atoms in total. The average molecular weight is 320 g/mol. The first-order chi connectivity index (χ1) is 9.11. The molecule has 0 unspecified atom stereocenters. The van der Waals surface area contributed by atoms with Crippen molar-refractivity contribution < 1.29 is 9.53 Å². The third-order valence-electron chi connectivity index (χ3n) is 2.66. The molecule has 2 N–H and O–H groups in total. The first kappa shape index (κ1) is 13.6. The number of anilines is 1. The van der Waals surface area contributed by atoms with Crippen LogP contribution in [0.3, 0.4) is 0 Å². The van der Waals surface area contributed by atoms with E-state index in [4.69, 9.17) is 10.5 Å². The topological polar surface area (TPSA) is 52.3 Å². The summed E-state index contributed by atoms with van der Waals surface area (Å²) in [7, 11) is 0. The zero-order valence-corrected chi connectivity index (χ0v) is 12.1. The lowest BCUT2D eigenvalue weighted by Gasteiger charge is -2.10. The van der Waals surface area contributed by atoms with Gasteiger partial charge in [-0.15, -0.1) is 0 Å². The maximum atomic E-state index is 12.5. The predicted molar refractivity (Wildman–Crippen MR) is 79.6 cm³/mol. The Bertz CT molecular complexity index is 594. The molecule has 2 rings (SSSR count). The van der Waals surface area contributed by atoms with Crippen molar-refractivity contribution in [2.24, 2.45) is 0 Å². The van der Waals surface area contributed by atoms with Crippen LogP contribution in [0, 0.1) is 0 Å². The third kappa shape index (κ3) is 3.15. The molecule has 0 aliphatic carbocycles.